The maximum absolute atomic E-state index is 11.5. The Labute approximate surface area is 122 Å². The van der Waals surface area contributed by atoms with E-state index in [9.17, 15) is 4.79 Å². The van der Waals surface area contributed by atoms with Crippen LogP contribution in [-0.2, 0) is 11.2 Å². The minimum Gasteiger partial charge on any atom is -0.356 e. The number of rotatable bonds is 6. The number of halogens is 1. The molecule has 19 heavy (non-hydrogen) atoms. The molecule has 2 nitrogen and oxygen atoms in total. The molecule has 0 aliphatic carbocycles. The Morgan fingerprint density at radius 1 is 1.11 bits per heavy atom. The minimum absolute atomic E-state index is 0.139. The van der Waals surface area contributed by atoms with E-state index in [0.29, 0.717) is 13.0 Å². The number of nitrogens with one attached hydrogen (secondary N) is 1. The zero-order valence-corrected chi connectivity index (χ0v) is 12.4. The number of hydrogen-bond donors (Lipinski definition) is 1. The van der Waals surface area contributed by atoms with Crippen molar-refractivity contribution in [2.45, 2.75) is 19.3 Å². The Hall–Kier alpha value is -1.35. The average molecular weight is 320 g/mol. The fraction of sp³-hybridized carbons (Fsp3) is 0.312. The predicted octanol–water partition coefficient (Wildman–Crippen LogP) is 3.67. The van der Waals surface area contributed by atoms with Crippen LogP contribution in [0.15, 0.2) is 42.5 Å². The fourth-order valence-electron chi connectivity index (χ4n) is 2.16. The first-order valence-electron chi connectivity index (χ1n) is 6.60. The topological polar surface area (TPSA) is 29.1 Å². The van der Waals surface area contributed by atoms with Gasteiger partial charge in [-0.15, -0.1) is 0 Å². The van der Waals surface area contributed by atoms with Gasteiger partial charge >= 0.3 is 0 Å². The van der Waals surface area contributed by atoms with Crippen LogP contribution in [-0.4, -0.2) is 17.8 Å². The van der Waals surface area contributed by atoms with Gasteiger partial charge in [-0.05, 0) is 29.2 Å². The van der Waals surface area contributed by atoms with Crippen LogP contribution in [0.2, 0.25) is 0 Å². The first-order valence-corrected chi connectivity index (χ1v) is 7.72. The van der Waals surface area contributed by atoms with Crippen LogP contribution in [0.25, 0.3) is 10.8 Å². The summed E-state index contributed by atoms with van der Waals surface area (Å²) in [4.78, 5) is 11.5. The van der Waals surface area contributed by atoms with Crippen molar-refractivity contribution in [3.8, 4) is 0 Å². The number of carbonyl (C=O) groups excluding carboxylic acids is 1. The number of hydrogen-bond acceptors (Lipinski definition) is 1. The van der Waals surface area contributed by atoms with Gasteiger partial charge in [0, 0.05) is 18.3 Å². The van der Waals surface area contributed by atoms with Crippen LogP contribution in [0.4, 0.5) is 0 Å². The molecule has 2 aromatic carbocycles. The molecule has 0 spiro atoms. The van der Waals surface area contributed by atoms with Crippen molar-refractivity contribution in [1.29, 1.82) is 0 Å². The van der Waals surface area contributed by atoms with Crippen LogP contribution in [0, 0.1) is 0 Å². The van der Waals surface area contributed by atoms with Crippen molar-refractivity contribution in [3.63, 3.8) is 0 Å². The van der Waals surface area contributed by atoms with E-state index in [1.807, 2.05) is 6.07 Å². The first kappa shape index (κ1) is 14.1. The zero-order valence-electron chi connectivity index (χ0n) is 10.9. The molecule has 0 aliphatic rings. The molecule has 1 N–H and O–H groups in total. The van der Waals surface area contributed by atoms with E-state index in [0.717, 1.165) is 18.2 Å². The molecule has 0 unspecified atom stereocenters. The summed E-state index contributed by atoms with van der Waals surface area (Å²) in [5.74, 6) is 0.139. The largest absolute Gasteiger partial charge is 0.356 e. The Balaban J connectivity index is 1.93. The van der Waals surface area contributed by atoms with Gasteiger partial charge < -0.3 is 5.32 Å². The summed E-state index contributed by atoms with van der Waals surface area (Å²) in [5.41, 5.74) is 1.29. The summed E-state index contributed by atoms with van der Waals surface area (Å²) in [6.07, 6.45) is 2.36. The molecule has 0 saturated heterocycles. The van der Waals surface area contributed by atoms with E-state index in [2.05, 4.69) is 57.6 Å². The molecular formula is C16H18BrNO. The molecule has 0 aliphatic heterocycles. The summed E-state index contributed by atoms with van der Waals surface area (Å²) in [5, 5.41) is 6.38. The van der Waals surface area contributed by atoms with E-state index in [4.69, 9.17) is 0 Å². The van der Waals surface area contributed by atoms with Crippen molar-refractivity contribution in [2.75, 3.05) is 11.9 Å². The van der Waals surface area contributed by atoms with Crippen LogP contribution in [0.3, 0.4) is 0 Å². The Morgan fingerprint density at radius 2 is 1.89 bits per heavy atom. The molecule has 3 heteroatoms. The van der Waals surface area contributed by atoms with Gasteiger partial charge in [-0.25, -0.2) is 0 Å². The van der Waals surface area contributed by atoms with Crippen molar-refractivity contribution in [1.82, 2.24) is 5.32 Å². The standard InChI is InChI=1S/C16H18BrNO/c17-11-4-9-16(19)18-12-10-14-7-3-6-13-5-1-2-8-15(13)14/h1-3,5-8H,4,9-12H2,(H,18,19). The lowest BCUT2D eigenvalue weighted by molar-refractivity contribution is -0.121. The highest BCUT2D eigenvalue weighted by atomic mass is 79.9. The SMILES string of the molecule is O=C(CCCBr)NCCc1cccc2ccccc12. The molecule has 2 rings (SSSR count). The van der Waals surface area contributed by atoms with Crippen LogP contribution >= 0.6 is 15.9 Å². The molecule has 0 heterocycles. The highest BCUT2D eigenvalue weighted by Gasteiger charge is 2.02. The third-order valence-corrected chi connectivity index (χ3v) is 3.69. The Morgan fingerprint density at radius 3 is 2.74 bits per heavy atom. The lowest BCUT2D eigenvalue weighted by Crippen LogP contribution is -2.25. The molecule has 0 bridgehead atoms. The summed E-state index contributed by atoms with van der Waals surface area (Å²) in [7, 11) is 0. The van der Waals surface area contributed by atoms with E-state index in [1.54, 1.807) is 0 Å². The number of fused-ring (bicyclic) bond motifs is 1. The van der Waals surface area contributed by atoms with Crippen molar-refractivity contribution < 1.29 is 4.79 Å². The molecule has 100 valence electrons. The van der Waals surface area contributed by atoms with Gasteiger partial charge in [-0.2, -0.15) is 0 Å². The number of amides is 1. The average Bonchev–Trinajstić information content (AvgIpc) is 2.45. The number of alkyl halides is 1. The predicted molar refractivity (Wildman–Crippen MR) is 83.7 cm³/mol. The van der Waals surface area contributed by atoms with E-state index in [-0.39, 0.29) is 5.91 Å². The molecule has 0 saturated carbocycles. The highest BCUT2D eigenvalue weighted by molar-refractivity contribution is 9.09. The van der Waals surface area contributed by atoms with Crippen LogP contribution < -0.4 is 5.32 Å². The zero-order chi connectivity index (χ0) is 13.5. The van der Waals surface area contributed by atoms with Gasteiger partial charge in [0.2, 0.25) is 5.91 Å². The third kappa shape index (κ3) is 4.06. The van der Waals surface area contributed by atoms with Crippen molar-refractivity contribution in [3.05, 3.63) is 48.0 Å². The molecule has 2 aromatic rings. The molecule has 0 aromatic heterocycles. The van der Waals surface area contributed by atoms with Crippen LogP contribution in [0.5, 0.6) is 0 Å². The van der Waals surface area contributed by atoms with Crippen LogP contribution in [0.1, 0.15) is 18.4 Å². The van der Waals surface area contributed by atoms with Gasteiger partial charge in [0.05, 0.1) is 0 Å². The molecule has 0 atom stereocenters. The van der Waals surface area contributed by atoms with Gasteiger partial charge in [0.15, 0.2) is 0 Å². The lowest BCUT2D eigenvalue weighted by atomic mass is 10.0. The molecule has 1 amide bonds. The van der Waals surface area contributed by atoms with Gasteiger partial charge in [-0.3, -0.25) is 4.79 Å². The number of benzene rings is 2. The van der Waals surface area contributed by atoms with Gasteiger partial charge in [-0.1, -0.05) is 58.4 Å². The summed E-state index contributed by atoms with van der Waals surface area (Å²) >= 11 is 3.33. The summed E-state index contributed by atoms with van der Waals surface area (Å²) in [6, 6.07) is 14.7. The summed E-state index contributed by atoms with van der Waals surface area (Å²) in [6.45, 7) is 0.703. The van der Waals surface area contributed by atoms with E-state index < -0.39 is 0 Å². The maximum atomic E-state index is 11.5. The van der Waals surface area contributed by atoms with Gasteiger partial charge in [0.1, 0.15) is 0 Å². The monoisotopic (exact) mass is 319 g/mol. The Bertz CT molecular complexity index is 548. The van der Waals surface area contributed by atoms with E-state index in [1.165, 1.54) is 16.3 Å². The minimum atomic E-state index is 0.139. The lowest BCUT2D eigenvalue weighted by Gasteiger charge is -2.08. The van der Waals surface area contributed by atoms with Crippen molar-refractivity contribution >= 4 is 32.6 Å². The van der Waals surface area contributed by atoms with E-state index >= 15 is 0 Å². The smallest absolute Gasteiger partial charge is 0.220 e. The second-order valence-electron chi connectivity index (χ2n) is 4.53. The second-order valence-corrected chi connectivity index (χ2v) is 5.32. The highest BCUT2D eigenvalue weighted by Crippen LogP contribution is 2.18. The van der Waals surface area contributed by atoms with Gasteiger partial charge in [0.25, 0.3) is 0 Å². The van der Waals surface area contributed by atoms with Crippen molar-refractivity contribution in [2.24, 2.45) is 0 Å². The fourth-order valence-corrected chi connectivity index (χ4v) is 2.44. The molecule has 0 radical (unpaired) electrons. The number of carbonyl (C=O) groups is 1. The quantitative estimate of drug-likeness (QED) is 0.809. The third-order valence-electron chi connectivity index (χ3n) is 3.13. The first-order chi connectivity index (χ1) is 9.31. The second kappa shape index (κ2) is 7.29. The molecular weight excluding hydrogens is 302 g/mol. The Kier molecular flexibility index (Phi) is 5.40. The molecule has 0 fully saturated rings. The maximum Gasteiger partial charge on any atom is 0.220 e. The summed E-state index contributed by atoms with van der Waals surface area (Å²) < 4.78 is 0. The normalized spacial score (nSPS) is 10.6.